The first kappa shape index (κ1) is 23.7. The van der Waals surface area contributed by atoms with Crippen molar-refractivity contribution in [3.8, 4) is 22.8 Å². The lowest BCUT2D eigenvalue weighted by Crippen LogP contribution is -2.34. The number of piperidine rings is 1. The van der Waals surface area contributed by atoms with Gasteiger partial charge in [-0.1, -0.05) is 12.1 Å². The Balaban J connectivity index is 1.13. The second-order valence-corrected chi connectivity index (χ2v) is 11.6. The Bertz CT molecular complexity index is 1330. The highest BCUT2D eigenvalue weighted by molar-refractivity contribution is 5.74. The number of ether oxygens (including phenoxy) is 1. The van der Waals surface area contributed by atoms with E-state index in [0.717, 1.165) is 63.1 Å². The van der Waals surface area contributed by atoms with Gasteiger partial charge in [0.05, 0.1) is 11.4 Å². The molecule has 38 heavy (non-hydrogen) atoms. The number of benzene rings is 2. The van der Waals surface area contributed by atoms with Gasteiger partial charge in [-0.05, 0) is 104 Å². The summed E-state index contributed by atoms with van der Waals surface area (Å²) in [6.07, 6.45) is 4.38. The fourth-order valence-electron chi connectivity index (χ4n) is 7.80. The Morgan fingerprint density at radius 2 is 1.71 bits per heavy atom. The number of nitrogen functional groups attached to an aromatic ring is 1. The second-order valence-electron chi connectivity index (χ2n) is 11.6. The van der Waals surface area contributed by atoms with Crippen LogP contribution in [0.5, 0.6) is 11.5 Å². The van der Waals surface area contributed by atoms with Crippen LogP contribution in [0.2, 0.25) is 0 Å². The van der Waals surface area contributed by atoms with Crippen LogP contribution in [0.15, 0.2) is 48.5 Å². The Hall–Kier alpha value is -3.39. The minimum Gasteiger partial charge on any atom is -0.507 e. The first-order valence-electron chi connectivity index (χ1n) is 13.9. The maximum absolute atomic E-state index is 14.8. The van der Waals surface area contributed by atoms with Crippen molar-refractivity contribution >= 4 is 11.5 Å². The van der Waals surface area contributed by atoms with Gasteiger partial charge in [0.2, 0.25) is 0 Å². The van der Waals surface area contributed by atoms with Gasteiger partial charge in [-0.25, -0.2) is 4.39 Å². The molecule has 8 rings (SSSR count). The van der Waals surface area contributed by atoms with Crippen LogP contribution in [-0.2, 0) is 0 Å². The molecule has 5 atom stereocenters. The van der Waals surface area contributed by atoms with E-state index in [-0.39, 0.29) is 17.7 Å². The minimum atomic E-state index is -0.197. The molecule has 0 spiro atoms. The van der Waals surface area contributed by atoms with Crippen LogP contribution in [0.4, 0.5) is 15.9 Å². The first-order chi connectivity index (χ1) is 18.5. The number of nitrogens with two attached hydrogens (primary N) is 1. The molecule has 3 aliphatic heterocycles. The van der Waals surface area contributed by atoms with Crippen molar-refractivity contribution in [1.82, 2.24) is 15.5 Å². The zero-order valence-corrected chi connectivity index (χ0v) is 21.4. The van der Waals surface area contributed by atoms with Crippen molar-refractivity contribution in [2.24, 2.45) is 23.7 Å². The van der Waals surface area contributed by atoms with E-state index >= 15 is 0 Å². The Morgan fingerprint density at radius 1 is 0.974 bits per heavy atom. The topological polar surface area (TPSA) is 96.5 Å². The number of fused-ring (bicyclic) bond motifs is 2. The predicted octanol–water partition coefficient (Wildman–Crippen LogP) is 4.58. The van der Waals surface area contributed by atoms with Gasteiger partial charge in [0, 0.05) is 24.7 Å². The molecule has 3 aromatic rings. The van der Waals surface area contributed by atoms with E-state index in [0.29, 0.717) is 52.4 Å². The molecule has 8 heteroatoms. The van der Waals surface area contributed by atoms with Gasteiger partial charge in [0.1, 0.15) is 23.4 Å². The maximum atomic E-state index is 14.8. The average molecular weight is 516 g/mol. The van der Waals surface area contributed by atoms with Crippen LogP contribution in [0.25, 0.3) is 11.3 Å². The zero-order valence-electron chi connectivity index (χ0n) is 21.4. The summed E-state index contributed by atoms with van der Waals surface area (Å²) < 4.78 is 21.0. The van der Waals surface area contributed by atoms with Gasteiger partial charge in [0.25, 0.3) is 0 Å². The molecule has 4 N–H and O–H groups in total. The molecule has 2 aliphatic carbocycles. The number of hydrogen-bond donors (Lipinski definition) is 3. The van der Waals surface area contributed by atoms with Gasteiger partial charge in [-0.2, -0.15) is 0 Å². The van der Waals surface area contributed by atoms with Crippen molar-refractivity contribution in [3.05, 3.63) is 59.9 Å². The van der Waals surface area contributed by atoms with Crippen LogP contribution >= 0.6 is 0 Å². The zero-order chi connectivity index (χ0) is 25.8. The summed E-state index contributed by atoms with van der Waals surface area (Å²) in [4.78, 5) is 2.37. The van der Waals surface area contributed by atoms with E-state index in [2.05, 4.69) is 26.5 Å². The molecule has 5 fully saturated rings. The van der Waals surface area contributed by atoms with E-state index in [4.69, 9.17) is 10.5 Å². The Morgan fingerprint density at radius 3 is 2.45 bits per heavy atom. The van der Waals surface area contributed by atoms with Crippen molar-refractivity contribution in [1.29, 1.82) is 0 Å². The van der Waals surface area contributed by atoms with Crippen molar-refractivity contribution < 1.29 is 14.2 Å². The summed E-state index contributed by atoms with van der Waals surface area (Å²) >= 11 is 0. The molecule has 0 amide bonds. The van der Waals surface area contributed by atoms with Crippen LogP contribution < -0.4 is 20.7 Å². The number of phenolic OH excluding ortho intramolecular Hbond substituents is 1. The van der Waals surface area contributed by atoms with Crippen molar-refractivity contribution in [3.63, 3.8) is 0 Å². The second kappa shape index (κ2) is 9.42. The molecular formula is C30H34FN5O2. The molecule has 3 unspecified atom stereocenters. The number of hydrogen-bond acceptors (Lipinski definition) is 7. The lowest BCUT2D eigenvalue weighted by molar-refractivity contribution is 0.161. The summed E-state index contributed by atoms with van der Waals surface area (Å²) in [5.41, 5.74) is 9.59. The summed E-state index contributed by atoms with van der Waals surface area (Å²) in [6, 6.07) is 14.5. The normalized spacial score (nSPS) is 28.6. The highest BCUT2D eigenvalue weighted by Gasteiger charge is 2.56. The summed E-state index contributed by atoms with van der Waals surface area (Å²) in [6.45, 7) is 3.70. The number of aromatic hydroxyl groups is 1. The minimum absolute atomic E-state index is 0.154. The van der Waals surface area contributed by atoms with Crippen LogP contribution in [-0.4, -0.2) is 47.6 Å². The molecule has 1 aromatic heterocycles. The fraction of sp³-hybridized carbons (Fsp3) is 0.467. The van der Waals surface area contributed by atoms with E-state index in [1.54, 1.807) is 24.3 Å². The third-order valence-electron chi connectivity index (χ3n) is 9.38. The number of nitrogens with one attached hydrogen (secondary N) is 1. The molecular weight excluding hydrogens is 481 g/mol. The van der Waals surface area contributed by atoms with E-state index in [9.17, 15) is 9.50 Å². The quantitative estimate of drug-likeness (QED) is 0.458. The maximum Gasteiger partial charge on any atom is 0.169 e. The molecule has 0 radical (unpaired) electrons. The predicted molar refractivity (Wildman–Crippen MR) is 145 cm³/mol. The highest BCUT2D eigenvalue weighted by atomic mass is 19.1. The van der Waals surface area contributed by atoms with Gasteiger partial charge in [-0.15, -0.1) is 10.2 Å². The lowest BCUT2D eigenvalue weighted by atomic mass is 9.84. The van der Waals surface area contributed by atoms with Gasteiger partial charge < -0.3 is 25.8 Å². The van der Waals surface area contributed by atoms with Crippen LogP contribution in [0.3, 0.4) is 0 Å². The third-order valence-corrected chi connectivity index (χ3v) is 9.38. The number of nitrogens with zero attached hydrogens (tertiary/aromatic N) is 3. The van der Waals surface area contributed by atoms with Gasteiger partial charge >= 0.3 is 0 Å². The van der Waals surface area contributed by atoms with Gasteiger partial charge in [-0.3, -0.25) is 0 Å². The Labute approximate surface area is 222 Å². The average Bonchev–Trinajstić information content (AvgIpc) is 3.29. The van der Waals surface area contributed by atoms with E-state index in [1.807, 2.05) is 18.2 Å². The molecule has 2 aromatic carbocycles. The molecule has 2 saturated carbocycles. The van der Waals surface area contributed by atoms with E-state index < -0.39 is 0 Å². The third kappa shape index (κ3) is 4.15. The molecule has 3 saturated heterocycles. The first-order valence-corrected chi connectivity index (χ1v) is 13.9. The van der Waals surface area contributed by atoms with Crippen LogP contribution in [0, 0.1) is 29.5 Å². The summed E-state index contributed by atoms with van der Waals surface area (Å²) in [5.74, 6) is 3.53. The summed E-state index contributed by atoms with van der Waals surface area (Å²) in [5, 5.41) is 22.2. The Kier molecular flexibility index (Phi) is 5.87. The molecule has 4 heterocycles. The largest absolute Gasteiger partial charge is 0.507 e. The van der Waals surface area contributed by atoms with Crippen molar-refractivity contribution in [2.75, 3.05) is 36.8 Å². The number of rotatable bonds is 5. The highest BCUT2D eigenvalue weighted by Crippen LogP contribution is 2.62. The monoisotopic (exact) mass is 515 g/mol. The smallest absolute Gasteiger partial charge is 0.169 e. The van der Waals surface area contributed by atoms with Crippen molar-refractivity contribution in [2.45, 2.75) is 37.7 Å². The molecule has 4 bridgehead atoms. The standard InChI is InChI=1S/C30H34FN5O2/c31-20-9-17(10-22(13-20)38-21-5-7-33-8-6-21)29-24-11-18-15-36(16-19(24)12-25(18)29)27-14-26(34-35-30(27)32)23-3-1-2-4-28(23)37/h1-4,9-10,13-14,18-19,21,24-25,29,33,37H,5-8,11-12,15-16H2,(H2,32,35)/t18-,19?,24?,25+,29?/m0/s1. The molecule has 198 valence electrons. The number of phenols is 1. The SMILES string of the molecule is Nc1nnc(-c2ccccc2O)cc1N1CC2C[C@H]3C(c4cc(F)cc(OC5CCNCC5)c4)C2C[C@H]3C1. The number of halogens is 1. The number of para-hydroxylation sites is 1. The number of aromatic nitrogens is 2. The van der Waals surface area contributed by atoms with E-state index in [1.165, 1.54) is 0 Å². The molecule has 5 aliphatic rings. The fourth-order valence-corrected chi connectivity index (χ4v) is 7.80. The number of anilines is 2. The van der Waals surface area contributed by atoms with Crippen LogP contribution in [0.1, 0.15) is 37.2 Å². The molecule has 7 nitrogen and oxygen atoms in total. The summed E-state index contributed by atoms with van der Waals surface area (Å²) in [7, 11) is 0. The lowest BCUT2D eigenvalue weighted by Gasteiger charge is -2.30. The van der Waals surface area contributed by atoms with Gasteiger partial charge in [0.15, 0.2) is 5.82 Å².